The highest BCUT2D eigenvalue weighted by molar-refractivity contribution is 7.89. The van der Waals surface area contributed by atoms with Gasteiger partial charge in [-0.3, -0.25) is 4.79 Å². The Hall–Kier alpha value is -2.70. The van der Waals surface area contributed by atoms with Crippen molar-refractivity contribution in [3.63, 3.8) is 0 Å². The molecule has 13 heteroatoms. The average Bonchev–Trinajstić information content (AvgIpc) is 3.19. The van der Waals surface area contributed by atoms with Crippen molar-refractivity contribution in [1.82, 2.24) is 19.8 Å². The van der Waals surface area contributed by atoms with Crippen LogP contribution in [0.1, 0.15) is 19.3 Å². The summed E-state index contributed by atoms with van der Waals surface area (Å²) in [4.78, 5) is 25.9. The molecule has 1 spiro atoms. The molecule has 10 nitrogen and oxygen atoms in total. The fourth-order valence-corrected chi connectivity index (χ4v) is 6.84. The summed E-state index contributed by atoms with van der Waals surface area (Å²) in [6.07, 6.45) is 2.55. The van der Waals surface area contributed by atoms with Crippen molar-refractivity contribution in [2.24, 2.45) is 5.41 Å². The highest BCUT2D eigenvalue weighted by atomic mass is 35.5. The van der Waals surface area contributed by atoms with Gasteiger partial charge in [-0.05, 0) is 37.1 Å². The third kappa shape index (κ3) is 4.25. The lowest BCUT2D eigenvalue weighted by atomic mass is 9.61. The molecule has 2 aliphatic heterocycles. The van der Waals surface area contributed by atoms with Gasteiger partial charge >= 0.3 is 6.09 Å². The van der Waals surface area contributed by atoms with Crippen LogP contribution < -0.4 is 15.8 Å². The van der Waals surface area contributed by atoms with E-state index in [-0.39, 0.29) is 27.5 Å². The summed E-state index contributed by atoms with van der Waals surface area (Å²) in [5.41, 5.74) is -0.109. The summed E-state index contributed by atoms with van der Waals surface area (Å²) >= 11 is 6.05. The van der Waals surface area contributed by atoms with Crippen LogP contribution in [0.25, 0.3) is 0 Å². The minimum atomic E-state index is -3.64. The van der Waals surface area contributed by atoms with Crippen molar-refractivity contribution in [1.29, 1.82) is 0 Å². The minimum absolute atomic E-state index is 0.0517. The van der Waals surface area contributed by atoms with Crippen molar-refractivity contribution in [3.8, 4) is 0 Å². The molecule has 1 aliphatic carbocycles. The predicted octanol–water partition coefficient (Wildman–Crippen LogP) is 1.72. The van der Waals surface area contributed by atoms with Gasteiger partial charge in [-0.15, -0.1) is 0 Å². The molecule has 2 saturated heterocycles. The topological polar surface area (TPSA) is 125 Å². The Labute approximate surface area is 200 Å². The third-order valence-electron chi connectivity index (χ3n) is 6.69. The zero-order valence-electron chi connectivity index (χ0n) is 18.0. The largest absolute Gasteiger partial charge is 0.444 e. The summed E-state index contributed by atoms with van der Waals surface area (Å²) in [6, 6.07) is 4.72. The van der Waals surface area contributed by atoms with Gasteiger partial charge in [0.15, 0.2) is 0 Å². The average molecular weight is 512 g/mol. The first kappa shape index (κ1) is 23.1. The van der Waals surface area contributed by atoms with Crippen molar-refractivity contribution in [3.05, 3.63) is 51.7 Å². The number of ether oxygens (including phenoxy) is 1. The quantitative estimate of drug-likeness (QED) is 0.626. The number of nitrogens with zero attached hydrogens (tertiary/aromatic N) is 3. The number of sulfonamides is 1. The highest BCUT2D eigenvalue weighted by Crippen LogP contribution is 2.50. The maximum Gasteiger partial charge on any atom is 0.407 e. The minimum Gasteiger partial charge on any atom is -0.444 e. The molecule has 1 aromatic carbocycles. The fraction of sp³-hybridized carbons (Fsp3) is 0.476. The highest BCUT2D eigenvalue weighted by Gasteiger charge is 2.56. The van der Waals surface area contributed by atoms with Crippen molar-refractivity contribution in [2.45, 2.75) is 36.3 Å². The second-order valence-corrected chi connectivity index (χ2v) is 11.5. The van der Waals surface area contributed by atoms with Crippen LogP contribution in [0.5, 0.6) is 0 Å². The number of alkyl carbamates (subject to hydrolysis) is 1. The van der Waals surface area contributed by atoms with E-state index in [2.05, 4.69) is 15.5 Å². The van der Waals surface area contributed by atoms with Gasteiger partial charge in [0.1, 0.15) is 16.9 Å². The van der Waals surface area contributed by atoms with E-state index < -0.39 is 27.5 Å². The van der Waals surface area contributed by atoms with Crippen LogP contribution in [-0.2, 0) is 14.8 Å². The molecule has 34 heavy (non-hydrogen) atoms. The molecular weight excluding hydrogens is 489 g/mol. The molecule has 2 N–H and O–H groups in total. The zero-order valence-corrected chi connectivity index (χ0v) is 19.6. The van der Waals surface area contributed by atoms with Crippen molar-refractivity contribution < 1.29 is 22.3 Å². The van der Waals surface area contributed by atoms with Crippen LogP contribution in [0.2, 0.25) is 5.02 Å². The van der Waals surface area contributed by atoms with Crippen molar-refractivity contribution in [2.75, 3.05) is 31.1 Å². The van der Waals surface area contributed by atoms with Crippen LogP contribution in [0.15, 0.2) is 40.2 Å². The third-order valence-corrected chi connectivity index (χ3v) is 8.86. The molecule has 2 aromatic rings. The Bertz CT molecular complexity index is 1260. The van der Waals surface area contributed by atoms with Crippen LogP contribution in [-0.4, -0.2) is 67.3 Å². The van der Waals surface area contributed by atoms with E-state index in [4.69, 9.17) is 16.3 Å². The van der Waals surface area contributed by atoms with E-state index in [0.717, 1.165) is 12.1 Å². The van der Waals surface area contributed by atoms with Gasteiger partial charge in [-0.1, -0.05) is 11.6 Å². The normalized spacial score (nSPS) is 22.3. The lowest BCUT2D eigenvalue weighted by Gasteiger charge is -2.58. The van der Waals surface area contributed by atoms with Crippen LogP contribution in [0.4, 0.5) is 14.9 Å². The molecule has 0 bridgehead atoms. The summed E-state index contributed by atoms with van der Waals surface area (Å²) in [5, 5.41) is 8.93. The van der Waals surface area contributed by atoms with Gasteiger partial charge in [0, 0.05) is 37.5 Å². The first-order chi connectivity index (χ1) is 16.1. The second kappa shape index (κ2) is 8.51. The standard InChI is InChI=1S/C21H23ClFN5O5S/c22-18-17(9-24-26-19(18)29)27-6-5-15(10-27)33-20(30)25-14-7-21(8-14)11-28(12-21)34(31,32)16-3-1-13(23)2-4-16/h1-4,9,14-15H,5-8,10-12H2,(H,25,30)(H,26,29)/t15-/m1/s1. The first-order valence-corrected chi connectivity index (χ1v) is 12.7. The van der Waals surface area contributed by atoms with Gasteiger partial charge in [0.25, 0.3) is 5.56 Å². The molecule has 3 heterocycles. The van der Waals surface area contributed by atoms with Gasteiger partial charge in [0.05, 0.1) is 23.3 Å². The summed E-state index contributed by atoms with van der Waals surface area (Å²) in [5.74, 6) is -0.486. The lowest BCUT2D eigenvalue weighted by Crippen LogP contribution is -2.67. The van der Waals surface area contributed by atoms with E-state index in [1.165, 1.54) is 22.6 Å². The molecule has 5 rings (SSSR count). The molecule has 1 saturated carbocycles. The van der Waals surface area contributed by atoms with Crippen LogP contribution >= 0.6 is 11.6 Å². The number of rotatable bonds is 5. The molecule has 3 fully saturated rings. The molecule has 0 radical (unpaired) electrons. The number of aromatic nitrogens is 2. The lowest BCUT2D eigenvalue weighted by molar-refractivity contribution is -0.0341. The van der Waals surface area contributed by atoms with Gasteiger partial charge in [0.2, 0.25) is 10.0 Å². The Kier molecular flexibility index (Phi) is 5.77. The summed E-state index contributed by atoms with van der Waals surface area (Å²) < 4.78 is 45.3. The number of benzene rings is 1. The van der Waals surface area contributed by atoms with Gasteiger partial charge in [-0.2, -0.15) is 9.40 Å². The molecular formula is C21H23ClFN5O5S. The number of aromatic amines is 1. The van der Waals surface area contributed by atoms with E-state index in [1.807, 2.05) is 4.90 Å². The molecule has 1 atom stereocenters. The van der Waals surface area contributed by atoms with E-state index >= 15 is 0 Å². The molecule has 1 aromatic heterocycles. The number of amides is 1. The van der Waals surface area contributed by atoms with E-state index in [1.54, 1.807) is 0 Å². The molecule has 0 unspecified atom stereocenters. The Morgan fingerprint density at radius 1 is 1.26 bits per heavy atom. The number of hydrogen-bond acceptors (Lipinski definition) is 7. The number of H-pyrrole nitrogens is 1. The summed E-state index contributed by atoms with van der Waals surface area (Å²) in [6.45, 7) is 1.74. The zero-order chi connectivity index (χ0) is 24.1. The van der Waals surface area contributed by atoms with Crippen LogP contribution in [0.3, 0.4) is 0 Å². The number of anilines is 1. The van der Waals surface area contributed by atoms with Crippen molar-refractivity contribution >= 4 is 33.4 Å². The molecule has 3 aliphatic rings. The number of carbonyl (C=O) groups is 1. The Balaban J connectivity index is 1.07. The maximum atomic E-state index is 13.1. The number of nitrogens with one attached hydrogen (secondary N) is 2. The fourth-order valence-electron chi connectivity index (χ4n) is 4.96. The summed E-state index contributed by atoms with van der Waals surface area (Å²) in [7, 11) is -3.64. The molecule has 182 valence electrons. The first-order valence-electron chi connectivity index (χ1n) is 10.9. The van der Waals surface area contributed by atoms with E-state index in [9.17, 15) is 22.4 Å². The monoisotopic (exact) mass is 511 g/mol. The van der Waals surface area contributed by atoms with Crippen LogP contribution in [0, 0.1) is 11.2 Å². The Morgan fingerprint density at radius 3 is 2.68 bits per heavy atom. The number of halogens is 2. The maximum absolute atomic E-state index is 13.1. The predicted molar refractivity (Wildman–Crippen MR) is 121 cm³/mol. The number of hydrogen-bond donors (Lipinski definition) is 2. The van der Waals surface area contributed by atoms with Gasteiger partial charge in [-0.25, -0.2) is 22.7 Å². The SMILES string of the molecule is O=C(NC1CC2(C1)CN(S(=O)(=O)c1ccc(F)cc1)C2)O[C@@H]1CCN(c2cn[nH]c(=O)c2Cl)C1. The van der Waals surface area contributed by atoms with Gasteiger partial charge < -0.3 is 15.0 Å². The number of carbonyl (C=O) groups excluding carboxylic acids is 1. The second-order valence-electron chi connectivity index (χ2n) is 9.14. The molecule has 1 amide bonds. The Morgan fingerprint density at radius 2 is 1.97 bits per heavy atom. The van der Waals surface area contributed by atoms with E-state index in [0.29, 0.717) is 51.1 Å². The smallest absolute Gasteiger partial charge is 0.407 e.